The largest absolute Gasteiger partial charge is 0.391 e. The molecule has 19 heavy (non-hydrogen) atoms. The maximum atomic E-state index is 11.9. The zero-order chi connectivity index (χ0) is 13.9. The van der Waals surface area contributed by atoms with E-state index in [0.717, 1.165) is 4.88 Å². The average molecular weight is 338 g/mol. The molecule has 2 N–H and O–H groups in total. The second-order valence-electron chi connectivity index (χ2n) is 3.76. The molecule has 8 heteroatoms. The first-order valence-electron chi connectivity index (χ1n) is 5.43. The molecule has 0 spiro atoms. The van der Waals surface area contributed by atoms with E-state index in [9.17, 15) is 8.42 Å². The van der Waals surface area contributed by atoms with Crippen LogP contribution in [0.2, 0.25) is 4.34 Å². The van der Waals surface area contributed by atoms with Gasteiger partial charge in [0.25, 0.3) is 0 Å². The number of aliphatic hydroxyl groups is 1. The Morgan fingerprint density at radius 3 is 2.68 bits per heavy atom. The van der Waals surface area contributed by atoms with Crippen molar-refractivity contribution in [3.8, 4) is 0 Å². The molecule has 104 valence electrons. The number of nitrogens with one attached hydrogen (secondary N) is 1. The molecule has 0 aliphatic heterocycles. The van der Waals surface area contributed by atoms with Crippen LogP contribution in [0.3, 0.4) is 0 Å². The second kappa shape index (κ2) is 6.34. The summed E-state index contributed by atoms with van der Waals surface area (Å²) in [7, 11) is -3.49. The van der Waals surface area contributed by atoms with Gasteiger partial charge in [0.05, 0.1) is 15.8 Å². The van der Waals surface area contributed by atoms with Crippen LogP contribution in [-0.4, -0.2) is 20.1 Å². The molecule has 0 fully saturated rings. The third-order valence-corrected chi connectivity index (χ3v) is 6.19. The van der Waals surface area contributed by atoms with E-state index in [4.69, 9.17) is 16.7 Å². The van der Waals surface area contributed by atoms with Gasteiger partial charge in [-0.2, -0.15) is 0 Å². The van der Waals surface area contributed by atoms with Gasteiger partial charge in [-0.05, 0) is 24.6 Å². The Morgan fingerprint density at radius 2 is 2.11 bits per heavy atom. The van der Waals surface area contributed by atoms with Crippen molar-refractivity contribution in [1.82, 2.24) is 4.72 Å². The highest BCUT2D eigenvalue weighted by Crippen LogP contribution is 2.22. The highest BCUT2D eigenvalue weighted by Gasteiger charge is 2.15. The van der Waals surface area contributed by atoms with Crippen molar-refractivity contribution in [3.63, 3.8) is 0 Å². The van der Waals surface area contributed by atoms with Crippen LogP contribution in [0.25, 0.3) is 0 Å². The quantitative estimate of drug-likeness (QED) is 0.851. The van der Waals surface area contributed by atoms with Crippen LogP contribution >= 0.6 is 34.3 Å². The maximum Gasteiger partial charge on any atom is 0.241 e. The first-order valence-corrected chi connectivity index (χ1v) is 8.99. The average Bonchev–Trinajstić information content (AvgIpc) is 2.98. The number of halogens is 1. The van der Waals surface area contributed by atoms with Gasteiger partial charge in [0.15, 0.2) is 0 Å². The fraction of sp³-hybridized carbons (Fsp3) is 0.273. The van der Waals surface area contributed by atoms with E-state index in [-0.39, 0.29) is 11.5 Å². The summed E-state index contributed by atoms with van der Waals surface area (Å²) >= 11 is 8.47. The van der Waals surface area contributed by atoms with Crippen molar-refractivity contribution in [3.05, 3.63) is 37.7 Å². The molecule has 2 aromatic rings. The lowest BCUT2D eigenvalue weighted by atomic mass is 10.3. The van der Waals surface area contributed by atoms with Crippen molar-refractivity contribution in [2.24, 2.45) is 0 Å². The minimum Gasteiger partial charge on any atom is -0.391 e. The summed E-state index contributed by atoms with van der Waals surface area (Å²) in [4.78, 5) is 1.87. The standard InChI is InChI=1S/C11H12ClNO3S3/c12-11-2-1-8(18-11)3-4-13-19(15,16)10-5-9(6-14)17-7-10/h1-2,5,7,13-14H,3-4,6H2. The monoisotopic (exact) mass is 337 g/mol. The summed E-state index contributed by atoms with van der Waals surface area (Å²) in [6, 6.07) is 5.16. The number of sulfonamides is 1. The zero-order valence-corrected chi connectivity index (χ0v) is 13.0. The third-order valence-electron chi connectivity index (χ3n) is 2.39. The van der Waals surface area contributed by atoms with Crippen LogP contribution in [0.5, 0.6) is 0 Å². The first-order chi connectivity index (χ1) is 9.01. The molecule has 0 saturated carbocycles. The Balaban J connectivity index is 1.94. The van der Waals surface area contributed by atoms with E-state index in [1.165, 1.54) is 34.1 Å². The molecule has 4 nitrogen and oxygen atoms in total. The van der Waals surface area contributed by atoms with Crippen LogP contribution < -0.4 is 4.72 Å². The normalized spacial score (nSPS) is 11.9. The van der Waals surface area contributed by atoms with Gasteiger partial charge < -0.3 is 5.11 Å². The maximum absolute atomic E-state index is 11.9. The molecule has 0 unspecified atom stereocenters. The molecular weight excluding hydrogens is 326 g/mol. The number of rotatable bonds is 6. The lowest BCUT2D eigenvalue weighted by molar-refractivity contribution is 0.285. The second-order valence-corrected chi connectivity index (χ2v) is 8.32. The van der Waals surface area contributed by atoms with Gasteiger partial charge in [-0.1, -0.05) is 11.6 Å². The molecule has 0 atom stereocenters. The molecule has 0 bridgehead atoms. The zero-order valence-electron chi connectivity index (χ0n) is 9.80. The van der Waals surface area contributed by atoms with Gasteiger partial charge in [0.2, 0.25) is 10.0 Å². The van der Waals surface area contributed by atoms with Crippen molar-refractivity contribution < 1.29 is 13.5 Å². The summed E-state index contributed by atoms with van der Waals surface area (Å²) < 4.78 is 27.1. The fourth-order valence-electron chi connectivity index (χ4n) is 1.46. The van der Waals surface area contributed by atoms with Crippen molar-refractivity contribution in [2.45, 2.75) is 17.9 Å². The van der Waals surface area contributed by atoms with Crippen molar-refractivity contribution >= 4 is 44.3 Å². The molecule has 0 radical (unpaired) electrons. The molecule has 2 rings (SSSR count). The topological polar surface area (TPSA) is 66.4 Å². The molecule has 0 aliphatic rings. The number of thiophene rings is 2. The number of aliphatic hydroxyl groups excluding tert-OH is 1. The van der Waals surface area contributed by atoms with Crippen LogP contribution in [0.15, 0.2) is 28.5 Å². The van der Waals surface area contributed by atoms with Crippen LogP contribution in [0.4, 0.5) is 0 Å². The molecule has 0 aromatic carbocycles. The highest BCUT2D eigenvalue weighted by atomic mass is 35.5. The van der Waals surface area contributed by atoms with E-state index in [2.05, 4.69) is 4.72 Å². The Labute approximate surface area is 124 Å². The summed E-state index contributed by atoms with van der Waals surface area (Å²) in [5, 5.41) is 10.5. The summed E-state index contributed by atoms with van der Waals surface area (Å²) in [6.45, 7) is 0.178. The van der Waals surface area contributed by atoms with Gasteiger partial charge in [-0.15, -0.1) is 22.7 Å². The number of hydrogen-bond acceptors (Lipinski definition) is 5. The van der Waals surface area contributed by atoms with Gasteiger partial charge in [0, 0.05) is 21.7 Å². The molecular formula is C11H12ClNO3S3. The Kier molecular flexibility index (Phi) is 4.99. The molecule has 2 heterocycles. The Bertz CT molecular complexity index is 648. The van der Waals surface area contributed by atoms with Crippen molar-refractivity contribution in [2.75, 3.05) is 6.54 Å². The molecule has 0 aliphatic carbocycles. The Morgan fingerprint density at radius 1 is 1.32 bits per heavy atom. The van der Waals surface area contributed by atoms with E-state index >= 15 is 0 Å². The molecule has 0 saturated heterocycles. The van der Waals surface area contributed by atoms with Gasteiger partial charge in [-0.25, -0.2) is 13.1 Å². The predicted molar refractivity (Wildman–Crippen MR) is 78.5 cm³/mol. The SMILES string of the molecule is O=S(=O)(NCCc1ccc(Cl)s1)c1csc(CO)c1. The fourth-order valence-corrected chi connectivity index (χ4v) is 4.72. The van der Waals surface area contributed by atoms with E-state index < -0.39 is 10.0 Å². The van der Waals surface area contributed by atoms with Crippen molar-refractivity contribution in [1.29, 1.82) is 0 Å². The summed E-state index contributed by atoms with van der Waals surface area (Å²) in [6.07, 6.45) is 0.605. The van der Waals surface area contributed by atoms with E-state index in [0.29, 0.717) is 22.2 Å². The smallest absolute Gasteiger partial charge is 0.241 e. The highest BCUT2D eigenvalue weighted by molar-refractivity contribution is 7.89. The van der Waals surface area contributed by atoms with E-state index in [1.807, 2.05) is 6.07 Å². The summed E-state index contributed by atoms with van der Waals surface area (Å²) in [5.74, 6) is 0. The van der Waals surface area contributed by atoms with E-state index in [1.54, 1.807) is 6.07 Å². The predicted octanol–water partition coefficient (Wildman–Crippen LogP) is 2.48. The Hall–Kier alpha value is -0.440. The van der Waals surface area contributed by atoms with Crippen LogP contribution in [0.1, 0.15) is 9.75 Å². The van der Waals surface area contributed by atoms with Gasteiger partial charge >= 0.3 is 0 Å². The first kappa shape index (κ1) is 15.0. The lowest BCUT2D eigenvalue weighted by Crippen LogP contribution is -2.25. The lowest BCUT2D eigenvalue weighted by Gasteiger charge is -2.03. The minimum absolute atomic E-state index is 0.145. The molecule has 2 aromatic heterocycles. The van der Waals surface area contributed by atoms with Crippen LogP contribution in [0, 0.1) is 0 Å². The van der Waals surface area contributed by atoms with Gasteiger partial charge in [0.1, 0.15) is 0 Å². The van der Waals surface area contributed by atoms with Crippen LogP contribution in [-0.2, 0) is 23.1 Å². The number of hydrogen-bond donors (Lipinski definition) is 2. The minimum atomic E-state index is -3.49. The third kappa shape index (κ3) is 4.01. The van der Waals surface area contributed by atoms with Gasteiger partial charge in [-0.3, -0.25) is 0 Å². The summed E-state index contributed by atoms with van der Waals surface area (Å²) in [5.41, 5.74) is 0. The molecule has 0 amide bonds.